The first-order chi connectivity index (χ1) is 13.1. The third kappa shape index (κ3) is 3.89. The number of carbonyl (C=O) groups excluding carboxylic acids is 1. The molecule has 0 fully saturated rings. The fourth-order valence-corrected chi connectivity index (χ4v) is 3.99. The quantitative estimate of drug-likeness (QED) is 0.585. The van der Waals surface area contributed by atoms with Gasteiger partial charge in [0, 0.05) is 36.0 Å². The van der Waals surface area contributed by atoms with E-state index in [9.17, 15) is 4.79 Å². The van der Waals surface area contributed by atoms with Crippen LogP contribution in [0.4, 0.5) is 5.69 Å². The summed E-state index contributed by atoms with van der Waals surface area (Å²) in [6.45, 7) is 0.890. The molecule has 0 aliphatic rings. The molecule has 5 heteroatoms. The van der Waals surface area contributed by atoms with E-state index in [2.05, 4.69) is 48.6 Å². The van der Waals surface area contributed by atoms with E-state index in [1.807, 2.05) is 30.6 Å². The van der Waals surface area contributed by atoms with Gasteiger partial charge >= 0.3 is 0 Å². The van der Waals surface area contributed by atoms with Crippen LogP contribution < -0.4 is 10.1 Å². The Kier molecular flexibility index (Phi) is 5.94. The molecule has 0 saturated carbocycles. The first kappa shape index (κ1) is 19.1. The van der Waals surface area contributed by atoms with Gasteiger partial charge in [0.05, 0.1) is 12.0 Å². The highest BCUT2D eigenvalue weighted by molar-refractivity contribution is 7.12. The molecule has 1 aromatic heterocycles. The molecule has 0 atom stereocenters. The van der Waals surface area contributed by atoms with Gasteiger partial charge in [-0.05, 0) is 48.8 Å². The maximum Gasteiger partial charge on any atom is 0.160 e. The number of ether oxygens (including phenoxy) is 1. The average Bonchev–Trinajstić information content (AvgIpc) is 3.15. The molecule has 1 N–H and O–H groups in total. The zero-order valence-electron chi connectivity index (χ0n) is 16.1. The van der Waals surface area contributed by atoms with Crippen LogP contribution in [0.5, 0.6) is 5.75 Å². The second kappa shape index (κ2) is 8.37. The van der Waals surface area contributed by atoms with E-state index in [4.69, 9.17) is 4.74 Å². The second-order valence-electron chi connectivity index (χ2n) is 6.57. The topological polar surface area (TPSA) is 41.6 Å². The summed E-state index contributed by atoms with van der Waals surface area (Å²) < 4.78 is 5.69. The van der Waals surface area contributed by atoms with Crippen LogP contribution in [0.1, 0.15) is 15.2 Å². The fourth-order valence-electron chi connectivity index (χ4n) is 3.29. The summed E-state index contributed by atoms with van der Waals surface area (Å²) in [5, 5.41) is 5.21. The zero-order chi connectivity index (χ0) is 19.4. The summed E-state index contributed by atoms with van der Waals surface area (Å²) in [5.74, 6) is 0.785. The van der Waals surface area contributed by atoms with Crippen molar-refractivity contribution in [2.45, 2.75) is 6.54 Å². The number of rotatable bonds is 7. The lowest BCUT2D eigenvalue weighted by atomic mass is 9.91. The van der Waals surface area contributed by atoms with Crippen molar-refractivity contribution in [3.05, 3.63) is 58.3 Å². The highest BCUT2D eigenvalue weighted by Crippen LogP contribution is 2.45. The highest BCUT2D eigenvalue weighted by Gasteiger charge is 2.20. The molecule has 0 aliphatic carbocycles. The predicted octanol–water partition coefficient (Wildman–Crippen LogP) is 5.01. The number of hydrogen-bond donors (Lipinski definition) is 1. The minimum Gasteiger partial charge on any atom is -0.496 e. The molecular weight excluding hydrogens is 356 g/mol. The Morgan fingerprint density at radius 1 is 1.07 bits per heavy atom. The van der Waals surface area contributed by atoms with E-state index < -0.39 is 0 Å². The SMILES string of the molecule is CNc1ccc(OC)c(-c2ccc(CN(C)C)cc2)c1-c1ccsc1C=O. The molecule has 0 amide bonds. The van der Waals surface area contributed by atoms with Crippen molar-refractivity contribution in [2.75, 3.05) is 33.6 Å². The first-order valence-electron chi connectivity index (χ1n) is 8.74. The van der Waals surface area contributed by atoms with Crippen molar-refractivity contribution >= 4 is 23.3 Å². The van der Waals surface area contributed by atoms with E-state index in [1.54, 1.807) is 7.11 Å². The molecule has 2 aromatic carbocycles. The Hall–Kier alpha value is -2.63. The van der Waals surface area contributed by atoms with Gasteiger partial charge in [-0.2, -0.15) is 0 Å². The lowest BCUT2D eigenvalue weighted by Crippen LogP contribution is -2.10. The summed E-state index contributed by atoms with van der Waals surface area (Å²) in [4.78, 5) is 14.4. The van der Waals surface area contributed by atoms with Gasteiger partial charge in [-0.3, -0.25) is 4.79 Å². The lowest BCUT2D eigenvalue weighted by Gasteiger charge is -2.19. The minimum atomic E-state index is 0.713. The number of anilines is 1. The van der Waals surface area contributed by atoms with Crippen LogP contribution >= 0.6 is 11.3 Å². The van der Waals surface area contributed by atoms with Crippen molar-refractivity contribution in [2.24, 2.45) is 0 Å². The second-order valence-corrected chi connectivity index (χ2v) is 7.51. The number of carbonyl (C=O) groups is 1. The van der Waals surface area contributed by atoms with Crippen molar-refractivity contribution in [3.8, 4) is 28.0 Å². The minimum absolute atomic E-state index is 0.713. The highest BCUT2D eigenvalue weighted by atomic mass is 32.1. The zero-order valence-corrected chi connectivity index (χ0v) is 16.9. The maximum atomic E-state index is 11.6. The average molecular weight is 381 g/mol. The smallest absolute Gasteiger partial charge is 0.160 e. The number of nitrogens with zero attached hydrogens (tertiary/aromatic N) is 1. The third-order valence-electron chi connectivity index (χ3n) is 4.47. The monoisotopic (exact) mass is 380 g/mol. The third-order valence-corrected chi connectivity index (χ3v) is 5.31. The number of hydrogen-bond acceptors (Lipinski definition) is 5. The largest absolute Gasteiger partial charge is 0.496 e. The number of aldehydes is 1. The molecule has 3 rings (SSSR count). The molecule has 0 bridgehead atoms. The van der Waals surface area contributed by atoms with Gasteiger partial charge in [0.15, 0.2) is 6.29 Å². The van der Waals surface area contributed by atoms with Crippen molar-refractivity contribution in [1.29, 1.82) is 0 Å². The van der Waals surface area contributed by atoms with Crippen LogP contribution in [0.15, 0.2) is 47.8 Å². The van der Waals surface area contributed by atoms with Gasteiger partial charge in [-0.15, -0.1) is 11.3 Å². The van der Waals surface area contributed by atoms with E-state index in [0.717, 1.165) is 46.5 Å². The van der Waals surface area contributed by atoms with Crippen LogP contribution in [-0.2, 0) is 6.54 Å². The van der Waals surface area contributed by atoms with E-state index >= 15 is 0 Å². The number of methoxy groups -OCH3 is 1. The van der Waals surface area contributed by atoms with Crippen LogP contribution in [0, 0.1) is 0 Å². The van der Waals surface area contributed by atoms with Crippen molar-refractivity contribution in [3.63, 3.8) is 0 Å². The summed E-state index contributed by atoms with van der Waals surface area (Å²) in [6.07, 6.45) is 0.920. The normalized spacial score (nSPS) is 10.9. The van der Waals surface area contributed by atoms with Gasteiger partial charge in [-0.25, -0.2) is 0 Å². The predicted molar refractivity (Wildman–Crippen MR) is 114 cm³/mol. The van der Waals surface area contributed by atoms with Gasteiger partial charge in [0.25, 0.3) is 0 Å². The fraction of sp³-hybridized carbons (Fsp3) is 0.227. The summed E-state index contributed by atoms with van der Waals surface area (Å²) in [6, 6.07) is 14.5. The van der Waals surface area contributed by atoms with Gasteiger partial charge < -0.3 is 15.0 Å². The molecule has 1 heterocycles. The Morgan fingerprint density at radius 2 is 1.81 bits per heavy atom. The molecular formula is C22H24N2O2S. The maximum absolute atomic E-state index is 11.6. The molecule has 0 unspecified atom stereocenters. The summed E-state index contributed by atoms with van der Waals surface area (Å²) >= 11 is 1.45. The standard InChI is InChI=1S/C22H24N2O2S/c1-23-18-9-10-19(26-4)21(22(18)17-11-12-27-20(17)14-25)16-7-5-15(6-8-16)13-24(2)3/h5-12,14,23H,13H2,1-4H3. The van der Waals surface area contributed by atoms with Gasteiger partial charge in [-0.1, -0.05) is 24.3 Å². The van der Waals surface area contributed by atoms with Crippen LogP contribution in [-0.4, -0.2) is 39.4 Å². The van der Waals surface area contributed by atoms with Crippen LogP contribution in [0.2, 0.25) is 0 Å². The Morgan fingerprint density at radius 3 is 2.41 bits per heavy atom. The van der Waals surface area contributed by atoms with Gasteiger partial charge in [0.1, 0.15) is 5.75 Å². The molecule has 0 saturated heterocycles. The molecule has 27 heavy (non-hydrogen) atoms. The summed E-state index contributed by atoms with van der Waals surface area (Å²) in [7, 11) is 7.68. The van der Waals surface area contributed by atoms with Crippen LogP contribution in [0.25, 0.3) is 22.3 Å². The number of benzene rings is 2. The van der Waals surface area contributed by atoms with Crippen molar-refractivity contribution in [1.82, 2.24) is 4.90 Å². The first-order valence-corrected chi connectivity index (χ1v) is 9.62. The Bertz CT molecular complexity index is 930. The molecule has 4 nitrogen and oxygen atoms in total. The molecule has 140 valence electrons. The Balaban J connectivity index is 2.23. The van der Waals surface area contributed by atoms with Crippen LogP contribution in [0.3, 0.4) is 0 Å². The number of nitrogens with one attached hydrogen (secondary N) is 1. The van der Waals surface area contributed by atoms with E-state index in [1.165, 1.54) is 16.9 Å². The summed E-state index contributed by atoms with van der Waals surface area (Å²) in [5.41, 5.74) is 6.17. The number of thiophene rings is 1. The molecule has 0 spiro atoms. The van der Waals surface area contributed by atoms with Gasteiger partial charge in [0.2, 0.25) is 0 Å². The van der Waals surface area contributed by atoms with E-state index in [-0.39, 0.29) is 0 Å². The van der Waals surface area contributed by atoms with Crippen molar-refractivity contribution < 1.29 is 9.53 Å². The Labute approximate surface area is 164 Å². The lowest BCUT2D eigenvalue weighted by molar-refractivity contribution is 0.112. The molecule has 0 radical (unpaired) electrons. The molecule has 3 aromatic rings. The van der Waals surface area contributed by atoms with E-state index in [0.29, 0.717) is 4.88 Å². The molecule has 0 aliphatic heterocycles.